The molecule has 0 bridgehead atoms. The Kier molecular flexibility index (Phi) is 4.01. The molecule has 1 atom stereocenters. The van der Waals surface area contributed by atoms with Crippen molar-refractivity contribution in [3.63, 3.8) is 0 Å². The van der Waals surface area contributed by atoms with Crippen LogP contribution in [0.4, 0.5) is 0 Å². The minimum Gasteiger partial charge on any atom is -0.361 e. The van der Waals surface area contributed by atoms with Crippen molar-refractivity contribution in [2.75, 3.05) is 13.1 Å². The number of benzene rings is 1. The number of likely N-dealkylation sites (tertiary alicyclic amines) is 1. The van der Waals surface area contributed by atoms with Crippen LogP contribution < -0.4 is 0 Å². The van der Waals surface area contributed by atoms with Gasteiger partial charge in [0.05, 0.1) is 5.69 Å². The van der Waals surface area contributed by atoms with Gasteiger partial charge in [-0.25, -0.2) is 0 Å². The third kappa shape index (κ3) is 2.54. The number of nitrogens with zero attached hydrogens (tertiary/aromatic N) is 2. The first-order valence-electron chi connectivity index (χ1n) is 7.91. The summed E-state index contributed by atoms with van der Waals surface area (Å²) in [4.78, 5) is 14.7. The quantitative estimate of drug-likeness (QED) is 0.871. The van der Waals surface area contributed by atoms with Crippen LogP contribution in [0.1, 0.15) is 52.2 Å². The summed E-state index contributed by atoms with van der Waals surface area (Å²) in [6.45, 7) is 7.52. The zero-order valence-corrected chi connectivity index (χ0v) is 13.4. The second kappa shape index (κ2) is 5.95. The van der Waals surface area contributed by atoms with Crippen LogP contribution >= 0.6 is 0 Å². The molecule has 1 amide bonds. The minimum atomic E-state index is 0.0617. The van der Waals surface area contributed by atoms with E-state index in [2.05, 4.69) is 36.3 Å². The molecule has 0 radical (unpaired) electrons. The zero-order chi connectivity index (χ0) is 15.7. The maximum atomic E-state index is 12.8. The Morgan fingerprint density at radius 2 is 2.14 bits per heavy atom. The van der Waals surface area contributed by atoms with Crippen LogP contribution in [0.25, 0.3) is 0 Å². The fourth-order valence-electron chi connectivity index (χ4n) is 3.33. The molecule has 116 valence electrons. The van der Waals surface area contributed by atoms with Gasteiger partial charge in [-0.15, -0.1) is 0 Å². The summed E-state index contributed by atoms with van der Waals surface area (Å²) in [5.74, 6) is 1.11. The second-order valence-electron chi connectivity index (χ2n) is 6.01. The van der Waals surface area contributed by atoms with Gasteiger partial charge >= 0.3 is 0 Å². The van der Waals surface area contributed by atoms with E-state index < -0.39 is 0 Å². The first-order valence-corrected chi connectivity index (χ1v) is 7.91. The highest BCUT2D eigenvalue weighted by atomic mass is 16.5. The minimum absolute atomic E-state index is 0.0617. The van der Waals surface area contributed by atoms with Crippen molar-refractivity contribution in [3.8, 4) is 0 Å². The molecular formula is C18H22N2O2. The topological polar surface area (TPSA) is 46.3 Å². The van der Waals surface area contributed by atoms with Crippen LogP contribution in [-0.2, 0) is 6.42 Å². The van der Waals surface area contributed by atoms with E-state index in [9.17, 15) is 4.79 Å². The standard InChI is InChI=1S/C18H22N2O2/c1-4-16-17(13(3)22-19-16)18(21)20-10-9-14(11-20)15-8-6-5-7-12(15)2/h5-8,14H,4,9-11H2,1-3H3/t14-/m0/s1. The molecule has 2 heterocycles. The summed E-state index contributed by atoms with van der Waals surface area (Å²) in [6.07, 6.45) is 1.73. The van der Waals surface area contributed by atoms with Gasteiger partial charge in [0.25, 0.3) is 5.91 Å². The number of rotatable bonds is 3. The molecule has 3 rings (SSSR count). The van der Waals surface area contributed by atoms with Crippen LogP contribution in [0.2, 0.25) is 0 Å². The van der Waals surface area contributed by atoms with Gasteiger partial charge in [-0.05, 0) is 37.8 Å². The average Bonchev–Trinajstić information content (AvgIpc) is 3.14. The predicted molar refractivity (Wildman–Crippen MR) is 85.1 cm³/mol. The van der Waals surface area contributed by atoms with Crippen molar-refractivity contribution in [3.05, 3.63) is 52.4 Å². The third-order valence-corrected chi connectivity index (χ3v) is 4.59. The molecule has 1 aromatic heterocycles. The van der Waals surface area contributed by atoms with Gasteiger partial charge in [-0.1, -0.05) is 36.3 Å². The molecule has 0 aliphatic carbocycles. The first-order chi connectivity index (χ1) is 10.6. The number of amides is 1. The Hall–Kier alpha value is -2.10. The monoisotopic (exact) mass is 298 g/mol. The van der Waals surface area contributed by atoms with Gasteiger partial charge in [0.15, 0.2) is 0 Å². The lowest BCUT2D eigenvalue weighted by Crippen LogP contribution is -2.29. The molecule has 0 spiro atoms. The third-order valence-electron chi connectivity index (χ3n) is 4.59. The molecule has 1 saturated heterocycles. The lowest BCUT2D eigenvalue weighted by atomic mass is 9.94. The molecule has 1 aromatic carbocycles. The summed E-state index contributed by atoms with van der Waals surface area (Å²) in [6, 6.07) is 8.45. The Morgan fingerprint density at radius 3 is 2.86 bits per heavy atom. The van der Waals surface area contributed by atoms with Crippen LogP contribution in [-0.4, -0.2) is 29.1 Å². The second-order valence-corrected chi connectivity index (χ2v) is 6.01. The van der Waals surface area contributed by atoms with Crippen molar-refractivity contribution < 1.29 is 9.32 Å². The molecule has 0 N–H and O–H groups in total. The van der Waals surface area contributed by atoms with Crippen molar-refractivity contribution in [2.24, 2.45) is 0 Å². The molecule has 2 aromatic rings. The number of carbonyl (C=O) groups is 1. The van der Waals surface area contributed by atoms with Crippen LogP contribution in [0.3, 0.4) is 0 Å². The molecule has 4 nitrogen and oxygen atoms in total. The van der Waals surface area contributed by atoms with Gasteiger partial charge in [0.1, 0.15) is 11.3 Å². The molecule has 1 fully saturated rings. The number of hydrogen-bond acceptors (Lipinski definition) is 3. The normalized spacial score (nSPS) is 18.0. The SMILES string of the molecule is CCc1noc(C)c1C(=O)N1CC[C@H](c2ccccc2C)C1. The van der Waals surface area contributed by atoms with E-state index in [1.807, 2.05) is 18.7 Å². The predicted octanol–water partition coefficient (Wildman–Crippen LogP) is 3.48. The summed E-state index contributed by atoms with van der Waals surface area (Å²) in [5, 5.41) is 4.00. The zero-order valence-electron chi connectivity index (χ0n) is 13.4. The number of hydrogen-bond donors (Lipinski definition) is 0. The van der Waals surface area contributed by atoms with Crippen molar-refractivity contribution in [1.82, 2.24) is 10.1 Å². The highest BCUT2D eigenvalue weighted by Gasteiger charge is 2.31. The number of aromatic nitrogens is 1. The molecular weight excluding hydrogens is 276 g/mol. The average molecular weight is 298 g/mol. The fraction of sp³-hybridized carbons (Fsp3) is 0.444. The maximum absolute atomic E-state index is 12.8. The number of carbonyl (C=O) groups excluding carboxylic acids is 1. The molecule has 1 aliphatic rings. The molecule has 0 unspecified atom stereocenters. The van der Waals surface area contributed by atoms with Crippen molar-refractivity contribution in [2.45, 2.75) is 39.5 Å². The Labute approximate surface area is 131 Å². The van der Waals surface area contributed by atoms with Crippen LogP contribution in [0.5, 0.6) is 0 Å². The summed E-state index contributed by atoms with van der Waals surface area (Å²) in [5.41, 5.74) is 4.09. The van der Waals surface area contributed by atoms with Crippen molar-refractivity contribution in [1.29, 1.82) is 0 Å². The van der Waals surface area contributed by atoms with E-state index in [0.717, 1.165) is 25.2 Å². The summed E-state index contributed by atoms with van der Waals surface area (Å²) < 4.78 is 5.20. The van der Waals surface area contributed by atoms with Gasteiger partial charge in [-0.3, -0.25) is 4.79 Å². The van der Waals surface area contributed by atoms with E-state index in [1.54, 1.807) is 0 Å². The molecule has 22 heavy (non-hydrogen) atoms. The lowest BCUT2D eigenvalue weighted by Gasteiger charge is -2.17. The van der Waals surface area contributed by atoms with Gasteiger partial charge < -0.3 is 9.42 Å². The fourth-order valence-corrected chi connectivity index (χ4v) is 3.33. The van der Waals surface area contributed by atoms with E-state index in [4.69, 9.17) is 4.52 Å². The van der Waals surface area contributed by atoms with E-state index in [1.165, 1.54) is 11.1 Å². The molecule has 4 heteroatoms. The van der Waals surface area contributed by atoms with Crippen LogP contribution in [0, 0.1) is 13.8 Å². The van der Waals surface area contributed by atoms with Crippen LogP contribution in [0.15, 0.2) is 28.8 Å². The van der Waals surface area contributed by atoms with Crippen molar-refractivity contribution >= 4 is 5.91 Å². The highest BCUT2D eigenvalue weighted by Crippen LogP contribution is 2.31. The molecule has 0 saturated carbocycles. The van der Waals surface area contributed by atoms with E-state index in [-0.39, 0.29) is 5.91 Å². The van der Waals surface area contributed by atoms with E-state index in [0.29, 0.717) is 23.7 Å². The Bertz CT molecular complexity index is 690. The van der Waals surface area contributed by atoms with E-state index >= 15 is 0 Å². The maximum Gasteiger partial charge on any atom is 0.259 e. The smallest absolute Gasteiger partial charge is 0.259 e. The summed E-state index contributed by atoms with van der Waals surface area (Å²) in [7, 11) is 0. The first kappa shape index (κ1) is 14.8. The van der Waals surface area contributed by atoms with Gasteiger partial charge in [0.2, 0.25) is 0 Å². The molecule has 1 aliphatic heterocycles. The summed E-state index contributed by atoms with van der Waals surface area (Å²) >= 11 is 0. The largest absolute Gasteiger partial charge is 0.361 e. The lowest BCUT2D eigenvalue weighted by molar-refractivity contribution is 0.0788. The van der Waals surface area contributed by atoms with Gasteiger partial charge in [-0.2, -0.15) is 0 Å². The Morgan fingerprint density at radius 1 is 1.36 bits per heavy atom. The Balaban J connectivity index is 1.79. The highest BCUT2D eigenvalue weighted by molar-refractivity contribution is 5.96. The number of aryl methyl sites for hydroxylation is 3. The van der Waals surface area contributed by atoms with Gasteiger partial charge in [0, 0.05) is 19.0 Å².